The Morgan fingerprint density at radius 3 is 2.33 bits per heavy atom. The number of anilines is 1. The van der Waals surface area contributed by atoms with Crippen LogP contribution in [0.25, 0.3) is 33.5 Å². The Kier molecular flexibility index (Phi) is 11.1. The summed E-state index contributed by atoms with van der Waals surface area (Å²) in [5, 5.41) is 6.13. The van der Waals surface area contributed by atoms with Gasteiger partial charge in [-0.1, -0.05) is 56.9 Å². The van der Waals surface area contributed by atoms with E-state index in [0.717, 1.165) is 44.2 Å². The van der Waals surface area contributed by atoms with Crippen LogP contribution in [0.1, 0.15) is 76.7 Å². The highest BCUT2D eigenvalue weighted by atomic mass is 32.2. The number of ether oxygens (including phenoxy) is 1. The van der Waals surface area contributed by atoms with Crippen LogP contribution in [0.3, 0.4) is 0 Å². The Bertz CT molecular complexity index is 2670. The molecule has 4 aliphatic rings. The maximum absolute atomic E-state index is 15.1. The number of benzene rings is 3. The average molecular weight is 891 g/mol. The van der Waals surface area contributed by atoms with Crippen molar-refractivity contribution < 1.29 is 49.5 Å². The van der Waals surface area contributed by atoms with Gasteiger partial charge in [-0.3, -0.25) is 19.1 Å². The molecule has 3 N–H and O–H groups in total. The third-order valence-electron chi connectivity index (χ3n) is 12.9. The number of hydrogen-bond donors (Lipinski definition) is 3. The Hall–Kier alpha value is -5.78. The maximum Gasteiger partial charge on any atom is 0.416 e. The van der Waals surface area contributed by atoms with Crippen LogP contribution in [0.2, 0.25) is 0 Å². The zero-order valence-corrected chi connectivity index (χ0v) is 35.1. The average Bonchev–Trinajstić information content (AvgIpc) is 4.18. The topological polar surface area (TPSA) is 173 Å². The minimum atomic E-state index is -4.56. The number of para-hydroxylation sites is 1. The van der Waals surface area contributed by atoms with Crippen molar-refractivity contribution in [2.24, 2.45) is 11.8 Å². The van der Waals surface area contributed by atoms with Crippen LogP contribution in [-0.4, -0.2) is 76.5 Å². The normalized spacial score (nSPS) is 23.4. The number of carbonyl (C=O) groups is 3. The first-order chi connectivity index (χ1) is 30.1. The number of carbonyl (C=O) groups excluding carboxylic acids is 3. The minimum absolute atomic E-state index is 0.0484. The van der Waals surface area contributed by atoms with Gasteiger partial charge in [-0.05, 0) is 92.5 Å². The SMILES string of the molecule is CC[C@@H]1C[C@]1(NC(=O)[C@@H]1C[C@@H](Oc2nc(-c3ccc(C(F)(F)F)cc3)nc3c2oc2ccccc23)CN1C(=O)[C@@H](Nc1ccc(F)cc1)C1CCCCC1)C(=O)NS(=O)(=O)C1CC1. The number of nitrogens with zero attached hydrogens (tertiary/aromatic N) is 3. The summed E-state index contributed by atoms with van der Waals surface area (Å²) < 4.78 is 95.2. The van der Waals surface area contributed by atoms with Gasteiger partial charge in [-0.2, -0.15) is 18.2 Å². The fourth-order valence-corrected chi connectivity index (χ4v) is 10.5. The Morgan fingerprint density at radius 1 is 0.952 bits per heavy atom. The van der Waals surface area contributed by atoms with Gasteiger partial charge >= 0.3 is 6.18 Å². The molecule has 2 aromatic heterocycles. The molecule has 0 bridgehead atoms. The Labute approximate surface area is 360 Å². The van der Waals surface area contributed by atoms with Crippen molar-refractivity contribution in [3.8, 4) is 17.3 Å². The second-order valence-electron chi connectivity index (χ2n) is 17.2. The van der Waals surface area contributed by atoms with Crippen LogP contribution in [0.4, 0.5) is 23.2 Å². The molecule has 63 heavy (non-hydrogen) atoms. The summed E-state index contributed by atoms with van der Waals surface area (Å²) in [6, 6.07) is 15.0. The molecule has 5 atom stereocenters. The van der Waals surface area contributed by atoms with Crippen molar-refractivity contribution in [2.45, 2.75) is 106 Å². The molecule has 1 saturated heterocycles. The molecule has 3 aliphatic carbocycles. The highest BCUT2D eigenvalue weighted by Gasteiger charge is 2.62. The number of halogens is 4. The standard InChI is InChI=1S/C45H46F4N6O7S/c1-2-27-23-44(27,43(58)54-63(59,60)32-20-21-32)53-40(56)34-22-31(24-55(34)42(57)36(25-8-4-3-5-9-25)50-30-18-16-29(46)17-19-30)61-41-38-37(33-10-6-7-11-35(33)62-38)51-39(52-41)26-12-14-28(15-13-26)45(47,48)49/h6-7,10-19,25,27,31-32,34,36,50H,2-5,8-9,20-24H2,1H3,(H,53,56)(H,54,58)/t27-,31-,34+,36+,44-/m1/s1. The molecular formula is C45H46F4N6O7S. The number of rotatable bonds is 13. The lowest BCUT2D eigenvalue weighted by molar-refractivity contribution is -0.141. The van der Waals surface area contributed by atoms with Crippen LogP contribution in [0.15, 0.2) is 77.2 Å². The molecule has 3 aromatic carbocycles. The van der Waals surface area contributed by atoms with Gasteiger partial charge in [-0.25, -0.2) is 17.8 Å². The summed E-state index contributed by atoms with van der Waals surface area (Å²) >= 11 is 0. The van der Waals surface area contributed by atoms with Crippen molar-refractivity contribution in [2.75, 3.05) is 11.9 Å². The van der Waals surface area contributed by atoms with Gasteiger partial charge in [-0.15, -0.1) is 0 Å². The summed E-state index contributed by atoms with van der Waals surface area (Å²) in [5.41, 5.74) is -0.662. The molecular weight excluding hydrogens is 845 g/mol. The number of amides is 3. The number of hydrogen-bond acceptors (Lipinski definition) is 10. The molecule has 3 heterocycles. The van der Waals surface area contributed by atoms with E-state index in [1.165, 1.54) is 41.3 Å². The molecule has 3 amide bonds. The van der Waals surface area contributed by atoms with Crippen molar-refractivity contribution in [3.63, 3.8) is 0 Å². The van der Waals surface area contributed by atoms with Gasteiger partial charge in [0.15, 0.2) is 5.82 Å². The van der Waals surface area contributed by atoms with E-state index < -0.39 is 74.3 Å². The van der Waals surface area contributed by atoms with Gasteiger partial charge in [0.05, 0.1) is 17.4 Å². The highest BCUT2D eigenvalue weighted by Crippen LogP contribution is 2.47. The second-order valence-corrected chi connectivity index (χ2v) is 19.1. The first kappa shape index (κ1) is 42.5. The third-order valence-corrected chi connectivity index (χ3v) is 14.7. The quantitative estimate of drug-likeness (QED) is 0.101. The van der Waals surface area contributed by atoms with Crippen LogP contribution < -0.4 is 20.1 Å². The summed E-state index contributed by atoms with van der Waals surface area (Å²) in [4.78, 5) is 54.2. The van der Waals surface area contributed by atoms with E-state index in [1.54, 1.807) is 24.3 Å². The van der Waals surface area contributed by atoms with E-state index in [-0.39, 0.29) is 54.1 Å². The van der Waals surface area contributed by atoms with Gasteiger partial charge in [0, 0.05) is 23.1 Å². The number of furan rings is 1. The van der Waals surface area contributed by atoms with Crippen LogP contribution in [-0.2, 0) is 30.6 Å². The summed E-state index contributed by atoms with van der Waals surface area (Å²) in [5.74, 6) is -2.86. The highest BCUT2D eigenvalue weighted by molar-refractivity contribution is 7.91. The number of sulfonamides is 1. The fourth-order valence-electron chi connectivity index (χ4n) is 9.16. The molecule has 1 aliphatic heterocycles. The first-order valence-corrected chi connectivity index (χ1v) is 22.9. The summed E-state index contributed by atoms with van der Waals surface area (Å²) in [6.07, 6.45) is 0.229. The molecule has 0 radical (unpaired) electrons. The van der Waals surface area contributed by atoms with Crippen LogP contribution >= 0.6 is 0 Å². The summed E-state index contributed by atoms with van der Waals surface area (Å²) in [6.45, 7) is 1.71. The van der Waals surface area contributed by atoms with Crippen LogP contribution in [0, 0.1) is 17.7 Å². The number of alkyl halides is 3. The molecule has 0 spiro atoms. The number of fused-ring (bicyclic) bond motifs is 3. The molecule has 18 heteroatoms. The van der Waals surface area contributed by atoms with E-state index in [9.17, 15) is 35.6 Å². The zero-order chi connectivity index (χ0) is 44.3. The number of aromatic nitrogens is 2. The fraction of sp³-hybridized carbons (Fsp3) is 0.444. The molecule has 5 aromatic rings. The molecule has 0 unspecified atom stereocenters. The third kappa shape index (κ3) is 8.53. The molecule has 4 fully saturated rings. The summed E-state index contributed by atoms with van der Waals surface area (Å²) in [7, 11) is -3.94. The molecule has 3 saturated carbocycles. The Morgan fingerprint density at radius 2 is 1.67 bits per heavy atom. The van der Waals surface area contributed by atoms with Crippen molar-refractivity contribution >= 4 is 55.5 Å². The smallest absolute Gasteiger partial charge is 0.416 e. The van der Waals surface area contributed by atoms with Crippen molar-refractivity contribution in [1.29, 1.82) is 0 Å². The monoisotopic (exact) mass is 890 g/mol. The van der Waals surface area contributed by atoms with E-state index in [0.29, 0.717) is 41.4 Å². The van der Waals surface area contributed by atoms with Gasteiger partial charge in [0.2, 0.25) is 27.4 Å². The predicted octanol–water partition coefficient (Wildman–Crippen LogP) is 7.50. The van der Waals surface area contributed by atoms with E-state index >= 15 is 4.79 Å². The second kappa shape index (κ2) is 16.4. The van der Waals surface area contributed by atoms with Crippen LogP contribution in [0.5, 0.6) is 5.88 Å². The molecule has 9 rings (SSSR count). The zero-order valence-electron chi connectivity index (χ0n) is 34.3. The number of likely N-dealkylation sites (tertiary alicyclic amines) is 1. The first-order valence-electron chi connectivity index (χ1n) is 21.4. The minimum Gasteiger partial charge on any atom is -0.470 e. The van der Waals surface area contributed by atoms with E-state index in [4.69, 9.17) is 9.15 Å². The van der Waals surface area contributed by atoms with Gasteiger partial charge in [0.1, 0.15) is 40.6 Å². The number of nitrogens with one attached hydrogen (secondary N) is 3. The van der Waals surface area contributed by atoms with E-state index in [1.807, 2.05) is 6.92 Å². The lowest BCUT2D eigenvalue weighted by Gasteiger charge is -2.35. The molecule has 332 valence electrons. The molecule has 13 nitrogen and oxygen atoms in total. The largest absolute Gasteiger partial charge is 0.470 e. The lowest BCUT2D eigenvalue weighted by Crippen LogP contribution is -2.58. The van der Waals surface area contributed by atoms with Gasteiger partial charge in [0.25, 0.3) is 11.8 Å². The predicted molar refractivity (Wildman–Crippen MR) is 224 cm³/mol. The maximum atomic E-state index is 15.1. The lowest BCUT2D eigenvalue weighted by atomic mass is 9.83. The van der Waals surface area contributed by atoms with E-state index in [2.05, 4.69) is 25.3 Å². The van der Waals surface area contributed by atoms with Gasteiger partial charge < -0.3 is 24.7 Å². The van der Waals surface area contributed by atoms with Crippen molar-refractivity contribution in [1.82, 2.24) is 24.9 Å². The Balaban J connectivity index is 1.07. The van der Waals surface area contributed by atoms with Crippen molar-refractivity contribution in [3.05, 3.63) is 84.2 Å².